The Morgan fingerprint density at radius 3 is 2.81 bits per heavy atom. The number of rotatable bonds is 4. The summed E-state index contributed by atoms with van der Waals surface area (Å²) in [6.45, 7) is 4.21. The van der Waals surface area contributed by atoms with E-state index >= 15 is 0 Å². The number of hydrogen-bond donors (Lipinski definition) is 0. The number of nitrogens with zero attached hydrogens (tertiary/aromatic N) is 3. The first kappa shape index (κ1) is 17.4. The molecule has 0 aliphatic carbocycles. The Hall–Kier alpha value is -2.06. The van der Waals surface area contributed by atoms with Crippen molar-refractivity contribution in [2.45, 2.75) is 26.3 Å². The van der Waals surface area contributed by atoms with Crippen LogP contribution in [-0.4, -0.2) is 48.4 Å². The smallest absolute Gasteiger partial charge is 0.231 e. The van der Waals surface area contributed by atoms with Crippen molar-refractivity contribution in [3.8, 4) is 22.9 Å². The number of fused-ring (bicyclic) bond motifs is 1. The van der Waals surface area contributed by atoms with Crippen LogP contribution in [0.15, 0.2) is 24.5 Å². The molecule has 1 aromatic heterocycles. The molecule has 2 aliphatic heterocycles. The lowest BCUT2D eigenvalue weighted by atomic mass is 9.99. The second kappa shape index (κ2) is 6.59. The van der Waals surface area contributed by atoms with Crippen molar-refractivity contribution in [1.29, 1.82) is 0 Å². The maximum absolute atomic E-state index is 11.9. The zero-order valence-electron chi connectivity index (χ0n) is 15.0. The quantitative estimate of drug-likeness (QED) is 0.817. The molecule has 4 rings (SSSR count). The lowest BCUT2D eigenvalue weighted by Crippen LogP contribution is -2.40. The number of ether oxygens (including phenoxy) is 2. The average molecular weight is 377 g/mol. The summed E-state index contributed by atoms with van der Waals surface area (Å²) in [5.41, 5.74) is 2.08. The molecule has 0 radical (unpaired) electrons. The van der Waals surface area contributed by atoms with Crippen LogP contribution in [-0.2, 0) is 16.6 Å². The van der Waals surface area contributed by atoms with Crippen LogP contribution in [0.5, 0.6) is 11.5 Å². The molecule has 2 aromatic rings. The minimum atomic E-state index is -3.14. The first-order chi connectivity index (χ1) is 12.4. The van der Waals surface area contributed by atoms with Gasteiger partial charge in [0.05, 0.1) is 6.26 Å². The van der Waals surface area contributed by atoms with Gasteiger partial charge in [-0.3, -0.25) is 0 Å². The van der Waals surface area contributed by atoms with Crippen LogP contribution in [0.1, 0.15) is 18.4 Å². The predicted molar refractivity (Wildman–Crippen MR) is 97.7 cm³/mol. The second-order valence-corrected chi connectivity index (χ2v) is 9.04. The highest BCUT2D eigenvalue weighted by molar-refractivity contribution is 7.88. The fourth-order valence-electron chi connectivity index (χ4n) is 3.74. The number of aryl methyl sites for hydroxylation is 1. The number of sulfonamides is 1. The van der Waals surface area contributed by atoms with Crippen LogP contribution in [0.25, 0.3) is 11.4 Å². The highest BCUT2D eigenvalue weighted by atomic mass is 32.2. The topological polar surface area (TPSA) is 73.7 Å². The molecule has 2 aliphatic rings. The van der Waals surface area contributed by atoms with Crippen molar-refractivity contribution in [2.75, 3.05) is 26.1 Å². The summed E-state index contributed by atoms with van der Waals surface area (Å²) in [5, 5.41) is 0. The summed E-state index contributed by atoms with van der Waals surface area (Å²) >= 11 is 0. The van der Waals surface area contributed by atoms with E-state index in [2.05, 4.69) is 9.55 Å². The molecule has 1 saturated heterocycles. The van der Waals surface area contributed by atoms with E-state index in [1.807, 2.05) is 25.3 Å². The van der Waals surface area contributed by atoms with Gasteiger partial charge in [0.15, 0.2) is 11.5 Å². The summed E-state index contributed by atoms with van der Waals surface area (Å²) in [5.74, 6) is 2.65. The van der Waals surface area contributed by atoms with Crippen LogP contribution in [0.3, 0.4) is 0 Å². The zero-order valence-corrected chi connectivity index (χ0v) is 15.8. The fourth-order valence-corrected chi connectivity index (χ4v) is 4.68. The zero-order chi connectivity index (χ0) is 18.3. The molecule has 0 bridgehead atoms. The molecule has 140 valence electrons. The third kappa shape index (κ3) is 3.31. The second-order valence-electron chi connectivity index (χ2n) is 7.05. The maximum atomic E-state index is 11.9. The van der Waals surface area contributed by atoms with Crippen molar-refractivity contribution >= 4 is 10.0 Å². The lowest BCUT2D eigenvalue weighted by molar-refractivity contribution is 0.174. The van der Waals surface area contributed by atoms with E-state index in [4.69, 9.17) is 9.47 Å². The molecule has 3 heterocycles. The van der Waals surface area contributed by atoms with E-state index < -0.39 is 10.0 Å². The summed E-state index contributed by atoms with van der Waals surface area (Å²) in [4.78, 5) is 4.54. The third-order valence-corrected chi connectivity index (χ3v) is 6.35. The minimum Gasteiger partial charge on any atom is -0.454 e. The van der Waals surface area contributed by atoms with E-state index in [-0.39, 0.29) is 12.7 Å². The van der Waals surface area contributed by atoms with Gasteiger partial charge in [0.2, 0.25) is 16.8 Å². The van der Waals surface area contributed by atoms with Crippen LogP contribution in [0.4, 0.5) is 0 Å². The van der Waals surface area contributed by atoms with Crippen molar-refractivity contribution in [3.05, 3.63) is 30.1 Å². The maximum Gasteiger partial charge on any atom is 0.231 e. The Morgan fingerprint density at radius 2 is 2.04 bits per heavy atom. The molecule has 8 heteroatoms. The number of imidazole rings is 1. The standard InChI is InChI=1S/C18H23N3O4S/c1-13-8-16-17(25-12-24-16)9-15(13)18-19-5-7-20(18)10-14-4-3-6-21(11-14)26(2,22)23/h5,7-9,14H,3-4,6,10-12H2,1-2H3/t14-/m0/s1. The third-order valence-electron chi connectivity index (χ3n) is 5.08. The van der Waals surface area contributed by atoms with Gasteiger partial charge in [-0.05, 0) is 43.4 Å². The monoisotopic (exact) mass is 377 g/mol. The molecule has 7 nitrogen and oxygen atoms in total. The van der Waals surface area contributed by atoms with Gasteiger partial charge >= 0.3 is 0 Å². The molecule has 0 saturated carbocycles. The summed E-state index contributed by atoms with van der Waals surface area (Å²) in [7, 11) is -3.14. The van der Waals surface area contributed by atoms with Gasteiger partial charge in [-0.1, -0.05) is 0 Å². The number of aromatic nitrogens is 2. The Labute approximate surface area is 153 Å². The summed E-state index contributed by atoms with van der Waals surface area (Å²) in [6.07, 6.45) is 6.94. The predicted octanol–water partition coefficient (Wildman–Crippen LogP) is 2.26. The van der Waals surface area contributed by atoms with Crippen molar-refractivity contribution < 1.29 is 17.9 Å². The molecular weight excluding hydrogens is 354 g/mol. The normalized spacial score (nSPS) is 20.5. The van der Waals surface area contributed by atoms with Crippen LogP contribution < -0.4 is 9.47 Å². The van der Waals surface area contributed by atoms with Crippen molar-refractivity contribution in [1.82, 2.24) is 13.9 Å². The van der Waals surface area contributed by atoms with Gasteiger partial charge in [0, 0.05) is 37.6 Å². The minimum absolute atomic E-state index is 0.246. The molecule has 1 aromatic carbocycles. The Kier molecular flexibility index (Phi) is 4.40. The Morgan fingerprint density at radius 1 is 1.27 bits per heavy atom. The van der Waals surface area contributed by atoms with E-state index in [1.165, 1.54) is 6.26 Å². The van der Waals surface area contributed by atoms with Gasteiger partial charge in [0.1, 0.15) is 5.82 Å². The highest BCUT2D eigenvalue weighted by Gasteiger charge is 2.27. The van der Waals surface area contributed by atoms with E-state index in [0.717, 1.165) is 47.8 Å². The van der Waals surface area contributed by atoms with Gasteiger partial charge in [-0.15, -0.1) is 0 Å². The van der Waals surface area contributed by atoms with E-state index in [9.17, 15) is 8.42 Å². The van der Waals surface area contributed by atoms with Gasteiger partial charge in [-0.2, -0.15) is 0 Å². The van der Waals surface area contributed by atoms with Crippen molar-refractivity contribution in [3.63, 3.8) is 0 Å². The van der Waals surface area contributed by atoms with Gasteiger partial charge in [0.25, 0.3) is 0 Å². The summed E-state index contributed by atoms with van der Waals surface area (Å²) < 4.78 is 38.3. The van der Waals surface area contributed by atoms with E-state index in [1.54, 1.807) is 10.5 Å². The van der Waals surface area contributed by atoms with Gasteiger partial charge in [-0.25, -0.2) is 17.7 Å². The Balaban J connectivity index is 1.58. The van der Waals surface area contributed by atoms with Crippen LogP contribution in [0, 0.1) is 12.8 Å². The number of benzene rings is 1. The van der Waals surface area contributed by atoms with Gasteiger partial charge < -0.3 is 14.0 Å². The molecule has 1 fully saturated rings. The fraction of sp³-hybridized carbons (Fsp3) is 0.500. The van der Waals surface area contributed by atoms with Crippen LogP contribution in [0.2, 0.25) is 0 Å². The first-order valence-corrected chi connectivity index (χ1v) is 10.6. The molecular formula is C18H23N3O4S. The first-order valence-electron chi connectivity index (χ1n) is 8.78. The molecule has 0 unspecified atom stereocenters. The number of hydrogen-bond acceptors (Lipinski definition) is 5. The Bertz CT molecular complexity index is 923. The molecule has 26 heavy (non-hydrogen) atoms. The average Bonchev–Trinajstić information content (AvgIpc) is 3.22. The molecule has 0 amide bonds. The van der Waals surface area contributed by atoms with Crippen LogP contribution >= 0.6 is 0 Å². The molecule has 0 spiro atoms. The van der Waals surface area contributed by atoms with E-state index in [0.29, 0.717) is 13.1 Å². The SMILES string of the molecule is Cc1cc2c(cc1-c1nccn1C[C@@H]1CCCN(S(C)(=O)=O)C1)OCO2. The molecule has 0 N–H and O–H groups in total. The number of piperidine rings is 1. The largest absolute Gasteiger partial charge is 0.454 e. The van der Waals surface area contributed by atoms with Crippen molar-refractivity contribution in [2.24, 2.45) is 5.92 Å². The molecule has 1 atom stereocenters. The lowest BCUT2D eigenvalue weighted by Gasteiger charge is -2.31. The summed E-state index contributed by atoms with van der Waals surface area (Å²) in [6, 6.07) is 3.95. The highest BCUT2D eigenvalue weighted by Crippen LogP contribution is 2.38.